The SMILES string of the molecule is CCC(=O)NCc1cc(OCCNS(=O)(=O)C(F)(F)F)cnc1Cl. The van der Waals surface area contributed by atoms with Crippen LogP contribution in [0.5, 0.6) is 5.75 Å². The molecule has 1 aromatic rings. The minimum Gasteiger partial charge on any atom is -0.491 e. The van der Waals surface area contributed by atoms with E-state index in [1.54, 1.807) is 6.92 Å². The van der Waals surface area contributed by atoms with E-state index < -0.39 is 22.1 Å². The van der Waals surface area contributed by atoms with Crippen molar-refractivity contribution in [2.24, 2.45) is 0 Å². The van der Waals surface area contributed by atoms with Gasteiger partial charge in [-0.05, 0) is 6.07 Å². The van der Waals surface area contributed by atoms with Crippen LogP contribution in [-0.2, 0) is 21.4 Å². The highest BCUT2D eigenvalue weighted by Crippen LogP contribution is 2.21. The molecule has 1 aromatic heterocycles. The minimum atomic E-state index is -5.40. The van der Waals surface area contributed by atoms with Crippen molar-refractivity contribution in [2.75, 3.05) is 13.2 Å². The van der Waals surface area contributed by atoms with Crippen molar-refractivity contribution in [1.82, 2.24) is 15.0 Å². The monoisotopic (exact) mass is 389 g/mol. The fraction of sp³-hybridized carbons (Fsp3) is 0.500. The third kappa shape index (κ3) is 6.13. The van der Waals surface area contributed by atoms with Crippen molar-refractivity contribution >= 4 is 27.5 Å². The number of hydrogen-bond donors (Lipinski definition) is 2. The van der Waals surface area contributed by atoms with Crippen LogP contribution in [0.3, 0.4) is 0 Å². The van der Waals surface area contributed by atoms with Crippen LogP contribution in [0.25, 0.3) is 0 Å². The molecule has 0 radical (unpaired) electrons. The molecule has 0 fully saturated rings. The number of sulfonamides is 1. The van der Waals surface area contributed by atoms with Gasteiger partial charge in [0, 0.05) is 25.1 Å². The standard InChI is InChI=1S/C12H15ClF3N3O4S/c1-2-10(20)17-6-8-5-9(7-18-11(8)13)23-4-3-19-24(21,22)12(14,15)16/h5,7,19H,2-4,6H2,1H3,(H,17,20). The van der Waals surface area contributed by atoms with Gasteiger partial charge in [0.05, 0.1) is 6.20 Å². The largest absolute Gasteiger partial charge is 0.511 e. The summed E-state index contributed by atoms with van der Waals surface area (Å²) in [4.78, 5) is 15.0. The van der Waals surface area contributed by atoms with E-state index in [9.17, 15) is 26.4 Å². The summed E-state index contributed by atoms with van der Waals surface area (Å²) in [5.41, 5.74) is -4.92. The maximum absolute atomic E-state index is 12.1. The molecular formula is C12H15ClF3N3O4S. The average molecular weight is 390 g/mol. The first kappa shape index (κ1) is 20.5. The van der Waals surface area contributed by atoms with Crippen LogP contribution in [-0.4, -0.2) is 38.0 Å². The summed E-state index contributed by atoms with van der Waals surface area (Å²) in [6.07, 6.45) is 1.52. The number of amides is 1. The molecule has 2 N–H and O–H groups in total. The normalized spacial score (nSPS) is 12.0. The summed E-state index contributed by atoms with van der Waals surface area (Å²) < 4.78 is 64.4. The van der Waals surface area contributed by atoms with Crippen molar-refractivity contribution in [3.8, 4) is 5.75 Å². The van der Waals surface area contributed by atoms with Crippen LogP contribution in [0.15, 0.2) is 12.3 Å². The molecule has 0 bridgehead atoms. The van der Waals surface area contributed by atoms with Gasteiger partial charge < -0.3 is 10.1 Å². The van der Waals surface area contributed by atoms with E-state index in [2.05, 4.69) is 10.3 Å². The zero-order valence-electron chi connectivity index (χ0n) is 12.5. The topological polar surface area (TPSA) is 97.4 Å². The summed E-state index contributed by atoms with van der Waals surface area (Å²) in [5.74, 6) is -0.0229. The number of carbonyl (C=O) groups excluding carboxylic acids is 1. The van der Waals surface area contributed by atoms with Crippen LogP contribution in [0.4, 0.5) is 13.2 Å². The molecular weight excluding hydrogens is 375 g/mol. The molecule has 1 rings (SSSR count). The molecule has 0 aliphatic carbocycles. The maximum Gasteiger partial charge on any atom is 0.511 e. The second-order valence-corrected chi connectivity index (χ2v) is 6.56. The molecule has 0 spiro atoms. The molecule has 0 atom stereocenters. The average Bonchev–Trinajstić information content (AvgIpc) is 2.50. The first-order valence-corrected chi connectivity index (χ1v) is 8.52. The molecule has 0 aliphatic heterocycles. The van der Waals surface area contributed by atoms with E-state index in [1.807, 2.05) is 0 Å². The lowest BCUT2D eigenvalue weighted by molar-refractivity contribution is -0.120. The molecule has 0 saturated carbocycles. The minimum absolute atomic E-state index is 0.108. The second-order valence-electron chi connectivity index (χ2n) is 4.44. The van der Waals surface area contributed by atoms with Crippen molar-refractivity contribution in [3.63, 3.8) is 0 Å². The van der Waals surface area contributed by atoms with Crippen LogP contribution < -0.4 is 14.8 Å². The van der Waals surface area contributed by atoms with Gasteiger partial charge in [-0.3, -0.25) is 4.79 Å². The van der Waals surface area contributed by atoms with Gasteiger partial charge in [-0.25, -0.2) is 18.1 Å². The number of pyridine rings is 1. The molecule has 0 aromatic carbocycles. The van der Waals surface area contributed by atoms with Crippen LogP contribution in [0.2, 0.25) is 5.15 Å². The van der Waals surface area contributed by atoms with E-state index in [1.165, 1.54) is 17.0 Å². The Hall–Kier alpha value is -1.59. The molecule has 0 aliphatic rings. The third-order valence-corrected chi connectivity index (χ3v) is 4.19. The first-order chi connectivity index (χ1) is 11.1. The summed E-state index contributed by atoms with van der Waals surface area (Å²) in [6, 6.07) is 1.45. The Bertz CT molecular complexity index is 683. The highest BCUT2D eigenvalue weighted by atomic mass is 35.5. The van der Waals surface area contributed by atoms with Gasteiger partial charge in [0.15, 0.2) is 0 Å². The maximum atomic E-state index is 12.1. The highest BCUT2D eigenvalue weighted by molar-refractivity contribution is 7.90. The second kappa shape index (κ2) is 8.49. The zero-order chi connectivity index (χ0) is 18.4. The van der Waals surface area contributed by atoms with E-state index in [0.717, 1.165) is 0 Å². The smallest absolute Gasteiger partial charge is 0.491 e. The Balaban J connectivity index is 2.56. The van der Waals surface area contributed by atoms with Crippen LogP contribution >= 0.6 is 11.6 Å². The summed E-state index contributed by atoms with van der Waals surface area (Å²) >= 11 is 5.86. The number of hydrogen-bond acceptors (Lipinski definition) is 5. The van der Waals surface area contributed by atoms with E-state index in [4.69, 9.17) is 16.3 Å². The number of carbonyl (C=O) groups is 1. The Morgan fingerprint density at radius 1 is 1.42 bits per heavy atom. The van der Waals surface area contributed by atoms with Gasteiger partial charge in [-0.15, -0.1) is 0 Å². The molecule has 7 nitrogen and oxygen atoms in total. The van der Waals surface area contributed by atoms with Gasteiger partial charge in [0.25, 0.3) is 0 Å². The molecule has 0 unspecified atom stereocenters. The number of alkyl halides is 3. The summed E-state index contributed by atoms with van der Waals surface area (Å²) in [7, 11) is -5.40. The van der Waals surface area contributed by atoms with Crippen LogP contribution in [0, 0.1) is 0 Å². The van der Waals surface area contributed by atoms with Gasteiger partial charge >= 0.3 is 15.5 Å². The van der Waals surface area contributed by atoms with Crippen molar-refractivity contribution in [2.45, 2.75) is 25.4 Å². The molecule has 0 saturated heterocycles. The number of rotatable bonds is 8. The lowest BCUT2D eigenvalue weighted by Crippen LogP contribution is -2.38. The first-order valence-electron chi connectivity index (χ1n) is 6.66. The number of nitrogens with one attached hydrogen (secondary N) is 2. The fourth-order valence-electron chi connectivity index (χ4n) is 1.42. The summed E-state index contributed by atoms with van der Waals surface area (Å²) in [5, 5.41) is 2.72. The van der Waals surface area contributed by atoms with Gasteiger partial charge in [0.1, 0.15) is 17.5 Å². The summed E-state index contributed by atoms with van der Waals surface area (Å²) in [6.45, 7) is 0.860. The lowest BCUT2D eigenvalue weighted by Gasteiger charge is -2.11. The lowest BCUT2D eigenvalue weighted by atomic mass is 10.2. The zero-order valence-corrected chi connectivity index (χ0v) is 14.1. The van der Waals surface area contributed by atoms with Crippen molar-refractivity contribution < 1.29 is 31.1 Å². The molecule has 1 amide bonds. The van der Waals surface area contributed by atoms with Crippen LogP contribution in [0.1, 0.15) is 18.9 Å². The molecule has 12 heteroatoms. The predicted molar refractivity (Wildman–Crippen MR) is 79.9 cm³/mol. The van der Waals surface area contributed by atoms with Gasteiger partial charge in [-0.2, -0.15) is 13.2 Å². The Morgan fingerprint density at radius 2 is 2.08 bits per heavy atom. The van der Waals surface area contributed by atoms with Gasteiger partial charge in [-0.1, -0.05) is 18.5 Å². The molecule has 24 heavy (non-hydrogen) atoms. The van der Waals surface area contributed by atoms with E-state index in [0.29, 0.717) is 12.0 Å². The number of halogens is 4. The van der Waals surface area contributed by atoms with Gasteiger partial charge in [0.2, 0.25) is 5.91 Å². The molecule has 136 valence electrons. The van der Waals surface area contributed by atoms with Crippen molar-refractivity contribution in [3.05, 3.63) is 23.0 Å². The number of nitrogens with zero attached hydrogens (tertiary/aromatic N) is 1. The van der Waals surface area contributed by atoms with E-state index >= 15 is 0 Å². The Labute approximate surface area is 141 Å². The van der Waals surface area contributed by atoms with Crippen molar-refractivity contribution in [1.29, 1.82) is 0 Å². The Morgan fingerprint density at radius 3 is 2.67 bits per heavy atom. The number of aromatic nitrogens is 1. The predicted octanol–water partition coefficient (Wildman–Crippen LogP) is 1.58. The highest BCUT2D eigenvalue weighted by Gasteiger charge is 2.45. The third-order valence-electron chi connectivity index (χ3n) is 2.65. The fourth-order valence-corrected chi connectivity index (χ4v) is 2.11. The Kier molecular flexibility index (Phi) is 7.24. The molecule has 1 heterocycles. The van der Waals surface area contributed by atoms with E-state index in [-0.39, 0.29) is 30.0 Å². The number of ether oxygens (including phenoxy) is 1. The quantitative estimate of drug-likeness (QED) is 0.519.